The lowest BCUT2D eigenvalue weighted by Gasteiger charge is -2.07. The average molecular weight is 271 g/mol. The Labute approximate surface area is 112 Å². The smallest absolute Gasteiger partial charge is 0.252 e. The third-order valence-corrected chi connectivity index (χ3v) is 2.66. The van der Waals surface area contributed by atoms with E-state index in [0.29, 0.717) is 29.4 Å². The van der Waals surface area contributed by atoms with Crippen molar-refractivity contribution >= 4 is 23.2 Å². The normalized spacial score (nSPS) is 10.3. The number of rotatable bonds is 7. The highest BCUT2D eigenvalue weighted by Gasteiger charge is 2.09. The Balaban J connectivity index is 2.34. The molecule has 0 atom stereocenters. The second kappa shape index (κ2) is 7.95. The van der Waals surface area contributed by atoms with Crippen LogP contribution in [0.5, 0.6) is 0 Å². The van der Waals surface area contributed by atoms with Gasteiger partial charge in [0.15, 0.2) is 0 Å². The predicted octanol–water partition coefficient (Wildman–Crippen LogP) is 2.47. The molecule has 18 heavy (non-hydrogen) atoms. The van der Waals surface area contributed by atoms with Crippen LogP contribution in [0.3, 0.4) is 0 Å². The van der Waals surface area contributed by atoms with Gasteiger partial charge in [-0.25, -0.2) is 0 Å². The first-order valence-corrected chi connectivity index (χ1v) is 6.44. The predicted molar refractivity (Wildman–Crippen MR) is 73.9 cm³/mol. The lowest BCUT2D eigenvalue weighted by atomic mass is 10.2. The molecule has 0 unspecified atom stereocenters. The van der Waals surface area contributed by atoms with Gasteiger partial charge < -0.3 is 15.8 Å². The van der Waals surface area contributed by atoms with Gasteiger partial charge in [-0.15, -0.1) is 0 Å². The molecule has 0 aromatic heterocycles. The Bertz CT molecular complexity index is 397. The van der Waals surface area contributed by atoms with Crippen molar-refractivity contribution in [1.29, 1.82) is 0 Å². The summed E-state index contributed by atoms with van der Waals surface area (Å²) in [6.07, 6.45) is 1.79. The Morgan fingerprint density at radius 2 is 2.22 bits per heavy atom. The van der Waals surface area contributed by atoms with Crippen LogP contribution in [0.4, 0.5) is 5.69 Å². The van der Waals surface area contributed by atoms with Crippen molar-refractivity contribution in [3.05, 3.63) is 28.8 Å². The van der Waals surface area contributed by atoms with Gasteiger partial charge in [0.25, 0.3) is 5.91 Å². The fourth-order valence-corrected chi connectivity index (χ4v) is 1.64. The summed E-state index contributed by atoms with van der Waals surface area (Å²) in [6, 6.07) is 4.86. The molecular formula is C13H19ClN2O2. The van der Waals surface area contributed by atoms with Crippen LogP contribution in [0.1, 0.15) is 30.1 Å². The summed E-state index contributed by atoms with van der Waals surface area (Å²) < 4.78 is 5.32. The van der Waals surface area contributed by atoms with Crippen LogP contribution in [-0.2, 0) is 4.74 Å². The molecule has 0 saturated heterocycles. The van der Waals surface area contributed by atoms with Crippen molar-refractivity contribution in [2.45, 2.75) is 19.8 Å². The van der Waals surface area contributed by atoms with E-state index in [1.165, 1.54) is 0 Å². The lowest BCUT2D eigenvalue weighted by molar-refractivity contribution is 0.0941. The first kappa shape index (κ1) is 14.8. The molecule has 0 saturated carbocycles. The van der Waals surface area contributed by atoms with E-state index in [-0.39, 0.29) is 5.91 Å². The molecule has 1 amide bonds. The number of nitrogens with one attached hydrogen (secondary N) is 1. The molecule has 0 aliphatic carbocycles. The Hall–Kier alpha value is -1.26. The molecule has 5 heteroatoms. The van der Waals surface area contributed by atoms with Crippen molar-refractivity contribution in [3.8, 4) is 0 Å². The zero-order valence-corrected chi connectivity index (χ0v) is 11.3. The molecule has 0 bridgehead atoms. The molecule has 100 valence electrons. The van der Waals surface area contributed by atoms with Crippen molar-refractivity contribution in [3.63, 3.8) is 0 Å². The van der Waals surface area contributed by atoms with Crippen LogP contribution < -0.4 is 11.1 Å². The zero-order valence-electron chi connectivity index (χ0n) is 10.5. The van der Waals surface area contributed by atoms with Crippen LogP contribution in [0.15, 0.2) is 18.2 Å². The molecule has 1 aromatic rings. The Morgan fingerprint density at radius 3 is 2.94 bits per heavy atom. The van der Waals surface area contributed by atoms with Crippen molar-refractivity contribution in [2.75, 3.05) is 25.5 Å². The number of benzene rings is 1. The van der Waals surface area contributed by atoms with Gasteiger partial charge in [0, 0.05) is 25.4 Å². The monoisotopic (exact) mass is 270 g/mol. The maximum atomic E-state index is 11.8. The van der Waals surface area contributed by atoms with Crippen molar-refractivity contribution in [2.24, 2.45) is 0 Å². The quantitative estimate of drug-likeness (QED) is 0.591. The van der Waals surface area contributed by atoms with Crippen LogP contribution >= 0.6 is 11.6 Å². The minimum Gasteiger partial charge on any atom is -0.399 e. The van der Waals surface area contributed by atoms with Gasteiger partial charge in [0.1, 0.15) is 0 Å². The minimum atomic E-state index is -0.206. The molecular weight excluding hydrogens is 252 g/mol. The number of carbonyl (C=O) groups is 1. The van der Waals surface area contributed by atoms with E-state index in [1.807, 2.05) is 0 Å². The number of hydrogen-bond acceptors (Lipinski definition) is 3. The maximum Gasteiger partial charge on any atom is 0.252 e. The van der Waals surface area contributed by atoms with E-state index >= 15 is 0 Å². The summed E-state index contributed by atoms with van der Waals surface area (Å²) >= 11 is 5.93. The molecule has 3 N–H and O–H groups in total. The molecule has 0 radical (unpaired) electrons. The first-order chi connectivity index (χ1) is 8.65. The van der Waals surface area contributed by atoms with Gasteiger partial charge in [0.05, 0.1) is 10.6 Å². The second-order valence-corrected chi connectivity index (χ2v) is 4.37. The van der Waals surface area contributed by atoms with Gasteiger partial charge in [-0.3, -0.25) is 4.79 Å². The summed E-state index contributed by atoms with van der Waals surface area (Å²) in [5.74, 6) is -0.206. The highest BCUT2D eigenvalue weighted by molar-refractivity contribution is 6.34. The second-order valence-electron chi connectivity index (χ2n) is 3.96. The fraction of sp³-hybridized carbons (Fsp3) is 0.462. The SMILES string of the molecule is CCCOCCCNC(=O)c1cc(N)ccc1Cl. The van der Waals surface area contributed by atoms with Crippen LogP contribution in [0.2, 0.25) is 5.02 Å². The summed E-state index contributed by atoms with van der Waals surface area (Å²) in [5.41, 5.74) is 6.55. The molecule has 0 heterocycles. The number of amides is 1. The lowest BCUT2D eigenvalue weighted by Crippen LogP contribution is -2.25. The third kappa shape index (κ3) is 4.94. The summed E-state index contributed by atoms with van der Waals surface area (Å²) in [4.78, 5) is 11.8. The highest BCUT2D eigenvalue weighted by Crippen LogP contribution is 2.18. The van der Waals surface area contributed by atoms with E-state index in [4.69, 9.17) is 22.1 Å². The topological polar surface area (TPSA) is 64.3 Å². The number of ether oxygens (including phenoxy) is 1. The number of nitrogens with two attached hydrogens (primary N) is 1. The Morgan fingerprint density at radius 1 is 1.44 bits per heavy atom. The standard InChI is InChI=1S/C13H19ClN2O2/c1-2-7-18-8-3-6-16-13(17)11-9-10(15)4-5-12(11)14/h4-5,9H,2-3,6-8,15H2,1H3,(H,16,17). The van der Waals surface area contributed by atoms with Gasteiger partial charge in [-0.1, -0.05) is 18.5 Å². The number of hydrogen-bond donors (Lipinski definition) is 2. The van der Waals surface area contributed by atoms with Gasteiger partial charge >= 0.3 is 0 Å². The van der Waals surface area contributed by atoms with Gasteiger partial charge in [0.2, 0.25) is 0 Å². The zero-order chi connectivity index (χ0) is 13.4. The van der Waals surface area contributed by atoms with Crippen LogP contribution in [-0.4, -0.2) is 25.7 Å². The van der Waals surface area contributed by atoms with E-state index in [2.05, 4.69) is 12.2 Å². The number of halogens is 1. The van der Waals surface area contributed by atoms with Gasteiger partial charge in [-0.2, -0.15) is 0 Å². The largest absolute Gasteiger partial charge is 0.399 e. The van der Waals surface area contributed by atoms with E-state index in [0.717, 1.165) is 19.4 Å². The number of anilines is 1. The first-order valence-electron chi connectivity index (χ1n) is 6.06. The van der Waals surface area contributed by atoms with E-state index in [1.54, 1.807) is 18.2 Å². The molecule has 0 spiro atoms. The molecule has 0 aliphatic heterocycles. The average Bonchev–Trinajstić information content (AvgIpc) is 2.36. The minimum absolute atomic E-state index is 0.206. The van der Waals surface area contributed by atoms with Crippen LogP contribution in [0.25, 0.3) is 0 Å². The van der Waals surface area contributed by atoms with Crippen molar-refractivity contribution in [1.82, 2.24) is 5.32 Å². The summed E-state index contributed by atoms with van der Waals surface area (Å²) in [5, 5.41) is 3.19. The summed E-state index contributed by atoms with van der Waals surface area (Å²) in [6.45, 7) is 4.03. The third-order valence-electron chi connectivity index (χ3n) is 2.33. The molecule has 0 fully saturated rings. The fourth-order valence-electron chi connectivity index (χ4n) is 1.43. The molecule has 0 aliphatic rings. The summed E-state index contributed by atoms with van der Waals surface area (Å²) in [7, 11) is 0. The van der Waals surface area contributed by atoms with Gasteiger partial charge in [-0.05, 0) is 31.0 Å². The van der Waals surface area contributed by atoms with E-state index < -0.39 is 0 Å². The molecule has 1 rings (SSSR count). The number of nitrogen functional groups attached to an aromatic ring is 1. The molecule has 4 nitrogen and oxygen atoms in total. The van der Waals surface area contributed by atoms with Crippen LogP contribution in [0, 0.1) is 0 Å². The van der Waals surface area contributed by atoms with Crippen molar-refractivity contribution < 1.29 is 9.53 Å². The number of carbonyl (C=O) groups excluding carboxylic acids is 1. The highest BCUT2D eigenvalue weighted by atomic mass is 35.5. The molecule has 1 aromatic carbocycles. The Kier molecular flexibility index (Phi) is 6.54. The maximum absolute atomic E-state index is 11.8. The van der Waals surface area contributed by atoms with E-state index in [9.17, 15) is 4.79 Å².